The first-order valence-electron chi connectivity index (χ1n) is 3.50. The summed E-state index contributed by atoms with van der Waals surface area (Å²) in [5.41, 5.74) is 1.75. The van der Waals surface area contributed by atoms with Gasteiger partial charge in [-0.05, 0) is 12.1 Å². The fourth-order valence-corrected chi connectivity index (χ4v) is 1.13. The van der Waals surface area contributed by atoms with Crippen molar-refractivity contribution in [2.75, 3.05) is 0 Å². The molecule has 0 aliphatic rings. The summed E-state index contributed by atoms with van der Waals surface area (Å²) >= 11 is 0. The first-order valence-corrected chi connectivity index (χ1v) is 3.50. The maximum Gasteiger partial charge on any atom is 0.0896 e. The SMILES string of the molecule is ON=Cc1cc2cnccc2[nH]1. The summed E-state index contributed by atoms with van der Waals surface area (Å²) in [6, 6.07) is 3.73. The Balaban J connectivity index is 2.62. The van der Waals surface area contributed by atoms with Gasteiger partial charge in [0.05, 0.1) is 11.9 Å². The molecule has 2 heterocycles. The Morgan fingerprint density at radius 2 is 2.50 bits per heavy atom. The average molecular weight is 161 g/mol. The maximum atomic E-state index is 8.28. The average Bonchev–Trinajstić information content (AvgIpc) is 2.47. The lowest BCUT2D eigenvalue weighted by atomic mass is 10.3. The molecule has 60 valence electrons. The zero-order valence-corrected chi connectivity index (χ0v) is 6.23. The Bertz CT molecular complexity index is 386. The van der Waals surface area contributed by atoms with Crippen molar-refractivity contribution in [3.63, 3.8) is 0 Å². The molecule has 0 bridgehead atoms. The predicted octanol–water partition coefficient (Wildman–Crippen LogP) is 1.37. The van der Waals surface area contributed by atoms with Gasteiger partial charge < -0.3 is 10.2 Å². The molecule has 0 saturated heterocycles. The van der Waals surface area contributed by atoms with E-state index >= 15 is 0 Å². The molecule has 0 aliphatic carbocycles. The smallest absolute Gasteiger partial charge is 0.0896 e. The minimum absolute atomic E-state index is 0.764. The van der Waals surface area contributed by atoms with E-state index in [-0.39, 0.29) is 0 Å². The van der Waals surface area contributed by atoms with Crippen LogP contribution in [0.5, 0.6) is 0 Å². The monoisotopic (exact) mass is 161 g/mol. The number of nitrogens with zero attached hydrogens (tertiary/aromatic N) is 2. The van der Waals surface area contributed by atoms with Crippen LogP contribution in [0, 0.1) is 0 Å². The predicted molar refractivity (Wildman–Crippen MR) is 45.5 cm³/mol. The van der Waals surface area contributed by atoms with Crippen LogP contribution < -0.4 is 0 Å². The van der Waals surface area contributed by atoms with E-state index < -0.39 is 0 Å². The van der Waals surface area contributed by atoms with E-state index in [1.807, 2.05) is 12.1 Å². The second kappa shape index (κ2) is 2.65. The molecule has 0 amide bonds. The van der Waals surface area contributed by atoms with Crippen molar-refractivity contribution in [2.24, 2.45) is 5.16 Å². The first kappa shape index (κ1) is 6.84. The van der Waals surface area contributed by atoms with Crippen LogP contribution in [0.4, 0.5) is 0 Å². The van der Waals surface area contributed by atoms with Gasteiger partial charge in [-0.25, -0.2) is 0 Å². The highest BCUT2D eigenvalue weighted by Crippen LogP contribution is 2.11. The molecule has 12 heavy (non-hydrogen) atoms. The molecular weight excluding hydrogens is 154 g/mol. The van der Waals surface area contributed by atoms with E-state index in [0.29, 0.717) is 0 Å². The Labute approximate surface area is 68.6 Å². The van der Waals surface area contributed by atoms with Gasteiger partial charge in [-0.1, -0.05) is 5.16 Å². The van der Waals surface area contributed by atoms with E-state index in [1.54, 1.807) is 12.4 Å². The number of hydrogen-bond donors (Lipinski definition) is 2. The number of rotatable bonds is 1. The third-order valence-electron chi connectivity index (χ3n) is 1.64. The zero-order chi connectivity index (χ0) is 8.39. The molecule has 0 aliphatic heterocycles. The third kappa shape index (κ3) is 1.03. The Hall–Kier alpha value is -1.84. The summed E-state index contributed by atoms with van der Waals surface area (Å²) in [6.07, 6.45) is 4.80. The van der Waals surface area contributed by atoms with Gasteiger partial charge in [0, 0.05) is 23.3 Å². The standard InChI is InChI=1S/C8H7N3O/c12-10-5-7-3-6-4-9-2-1-8(6)11-7/h1-5,11-12H. The van der Waals surface area contributed by atoms with Crippen LogP contribution in [0.2, 0.25) is 0 Å². The summed E-state index contributed by atoms with van der Waals surface area (Å²) in [6.45, 7) is 0. The lowest BCUT2D eigenvalue weighted by molar-refractivity contribution is 0.321. The van der Waals surface area contributed by atoms with Gasteiger partial charge in [-0.3, -0.25) is 4.98 Å². The summed E-state index contributed by atoms with van der Waals surface area (Å²) in [7, 11) is 0. The van der Waals surface area contributed by atoms with Crippen LogP contribution >= 0.6 is 0 Å². The molecule has 2 rings (SSSR count). The van der Waals surface area contributed by atoms with Crippen molar-refractivity contribution in [3.8, 4) is 0 Å². The number of fused-ring (bicyclic) bond motifs is 1. The number of aromatic amines is 1. The van der Waals surface area contributed by atoms with Crippen molar-refractivity contribution in [1.82, 2.24) is 9.97 Å². The molecule has 0 radical (unpaired) electrons. The lowest BCUT2D eigenvalue weighted by Gasteiger charge is -1.83. The number of pyridine rings is 1. The number of hydrogen-bond acceptors (Lipinski definition) is 3. The lowest BCUT2D eigenvalue weighted by Crippen LogP contribution is -1.77. The van der Waals surface area contributed by atoms with E-state index in [0.717, 1.165) is 16.6 Å². The van der Waals surface area contributed by atoms with Gasteiger partial charge in [-0.15, -0.1) is 0 Å². The largest absolute Gasteiger partial charge is 0.411 e. The molecule has 0 spiro atoms. The topological polar surface area (TPSA) is 61.3 Å². The minimum atomic E-state index is 0.764. The fraction of sp³-hybridized carbons (Fsp3) is 0. The summed E-state index contributed by atoms with van der Waals surface area (Å²) in [5, 5.41) is 12.2. The summed E-state index contributed by atoms with van der Waals surface area (Å²) in [5.74, 6) is 0. The van der Waals surface area contributed by atoms with Gasteiger partial charge in [0.25, 0.3) is 0 Å². The van der Waals surface area contributed by atoms with Crippen LogP contribution in [0.15, 0.2) is 29.7 Å². The molecule has 0 aromatic carbocycles. The molecule has 2 N–H and O–H groups in total. The molecule has 0 atom stereocenters. The molecule has 4 nitrogen and oxygen atoms in total. The van der Waals surface area contributed by atoms with Crippen molar-refractivity contribution >= 4 is 17.1 Å². The van der Waals surface area contributed by atoms with Crippen LogP contribution in [-0.2, 0) is 0 Å². The molecule has 4 heteroatoms. The van der Waals surface area contributed by atoms with Crippen molar-refractivity contribution in [2.45, 2.75) is 0 Å². The van der Waals surface area contributed by atoms with Crippen LogP contribution in [0.25, 0.3) is 10.9 Å². The van der Waals surface area contributed by atoms with Crippen molar-refractivity contribution in [3.05, 3.63) is 30.2 Å². The summed E-state index contributed by atoms with van der Waals surface area (Å²) in [4.78, 5) is 7.01. The number of aromatic nitrogens is 2. The Kier molecular flexibility index (Phi) is 1.51. The van der Waals surface area contributed by atoms with Gasteiger partial charge in [-0.2, -0.15) is 0 Å². The molecule has 0 unspecified atom stereocenters. The highest BCUT2D eigenvalue weighted by Gasteiger charge is 1.96. The zero-order valence-electron chi connectivity index (χ0n) is 6.23. The first-order chi connectivity index (χ1) is 5.90. The van der Waals surface area contributed by atoms with Crippen LogP contribution in [-0.4, -0.2) is 21.4 Å². The molecule has 2 aromatic rings. The maximum absolute atomic E-state index is 8.28. The van der Waals surface area contributed by atoms with Gasteiger partial charge in [0.1, 0.15) is 0 Å². The molecule has 0 fully saturated rings. The van der Waals surface area contributed by atoms with Gasteiger partial charge in [0.15, 0.2) is 0 Å². The van der Waals surface area contributed by atoms with Crippen LogP contribution in [0.1, 0.15) is 5.69 Å². The van der Waals surface area contributed by atoms with E-state index in [1.165, 1.54) is 6.21 Å². The highest BCUT2D eigenvalue weighted by molar-refractivity contribution is 5.88. The van der Waals surface area contributed by atoms with Crippen molar-refractivity contribution < 1.29 is 5.21 Å². The Morgan fingerprint density at radius 3 is 3.25 bits per heavy atom. The minimum Gasteiger partial charge on any atom is -0.411 e. The molecular formula is C8H7N3O. The van der Waals surface area contributed by atoms with Crippen LogP contribution in [0.3, 0.4) is 0 Å². The number of oxime groups is 1. The molecule has 2 aromatic heterocycles. The van der Waals surface area contributed by atoms with E-state index in [9.17, 15) is 0 Å². The van der Waals surface area contributed by atoms with Crippen molar-refractivity contribution in [1.29, 1.82) is 0 Å². The van der Waals surface area contributed by atoms with Gasteiger partial charge >= 0.3 is 0 Å². The molecule has 0 saturated carbocycles. The second-order valence-corrected chi connectivity index (χ2v) is 2.43. The quantitative estimate of drug-likeness (QED) is 0.377. The number of nitrogens with one attached hydrogen (secondary N) is 1. The normalized spacial score (nSPS) is 11.3. The Morgan fingerprint density at radius 1 is 1.58 bits per heavy atom. The van der Waals surface area contributed by atoms with E-state index in [4.69, 9.17) is 5.21 Å². The van der Waals surface area contributed by atoms with Gasteiger partial charge in [0.2, 0.25) is 0 Å². The fourth-order valence-electron chi connectivity index (χ4n) is 1.13. The second-order valence-electron chi connectivity index (χ2n) is 2.43. The van der Waals surface area contributed by atoms with E-state index in [2.05, 4.69) is 15.1 Å². The third-order valence-corrected chi connectivity index (χ3v) is 1.64. The summed E-state index contributed by atoms with van der Waals surface area (Å²) < 4.78 is 0. The number of H-pyrrole nitrogens is 1. The highest BCUT2D eigenvalue weighted by atomic mass is 16.4.